The number of aliphatic hydroxyl groups is 2. The van der Waals surface area contributed by atoms with E-state index in [0.717, 1.165) is 6.07 Å². The zero-order valence-electron chi connectivity index (χ0n) is 10.9. The van der Waals surface area contributed by atoms with Crippen LogP contribution in [0.4, 0.5) is 8.78 Å². The van der Waals surface area contributed by atoms with Crippen molar-refractivity contribution in [3.05, 3.63) is 29.3 Å². The number of halogens is 2. The molecular weight excluding hydrogens is 242 g/mol. The molecular formula is C13H18F2O3. The highest BCUT2D eigenvalue weighted by molar-refractivity contribution is 5.36. The van der Waals surface area contributed by atoms with Crippen molar-refractivity contribution in [2.45, 2.75) is 38.4 Å². The first-order valence-corrected chi connectivity index (χ1v) is 5.56. The molecule has 18 heavy (non-hydrogen) atoms. The fraction of sp³-hybridized carbons (Fsp3) is 0.538. The van der Waals surface area contributed by atoms with Crippen LogP contribution in [0.3, 0.4) is 0 Å². The number of hydrogen-bond acceptors (Lipinski definition) is 3. The molecule has 0 aliphatic heterocycles. The van der Waals surface area contributed by atoms with E-state index in [2.05, 4.69) is 0 Å². The summed E-state index contributed by atoms with van der Waals surface area (Å²) in [7, 11) is 1.33. The fourth-order valence-corrected chi connectivity index (χ4v) is 1.49. The van der Waals surface area contributed by atoms with Gasteiger partial charge in [-0.25, -0.2) is 8.78 Å². The number of ether oxygens (including phenoxy) is 1. The lowest BCUT2D eigenvalue weighted by Gasteiger charge is -2.36. The maximum Gasteiger partial charge on any atom is 0.165 e. The van der Waals surface area contributed by atoms with Gasteiger partial charge in [-0.05, 0) is 32.9 Å². The van der Waals surface area contributed by atoms with E-state index in [0.29, 0.717) is 0 Å². The topological polar surface area (TPSA) is 49.7 Å². The van der Waals surface area contributed by atoms with Crippen LogP contribution in [0.15, 0.2) is 12.1 Å². The predicted octanol–water partition coefficient (Wildman–Crippen LogP) is 2.04. The second-order valence-corrected chi connectivity index (χ2v) is 5.05. The van der Waals surface area contributed by atoms with Gasteiger partial charge >= 0.3 is 0 Å². The number of methoxy groups -OCH3 is 1. The largest absolute Gasteiger partial charge is 0.496 e. The van der Waals surface area contributed by atoms with Crippen LogP contribution in [0.25, 0.3) is 0 Å². The lowest BCUT2D eigenvalue weighted by molar-refractivity contribution is -0.119. The van der Waals surface area contributed by atoms with E-state index in [4.69, 9.17) is 4.74 Å². The highest BCUT2D eigenvalue weighted by atomic mass is 19.2. The van der Waals surface area contributed by atoms with Gasteiger partial charge in [-0.2, -0.15) is 0 Å². The molecule has 1 atom stereocenters. The van der Waals surface area contributed by atoms with Crippen molar-refractivity contribution < 1.29 is 23.7 Å². The Morgan fingerprint density at radius 1 is 1.17 bits per heavy atom. The van der Waals surface area contributed by atoms with Crippen molar-refractivity contribution >= 4 is 0 Å². The summed E-state index contributed by atoms with van der Waals surface area (Å²) in [6.07, 6.45) is -0.261. The quantitative estimate of drug-likeness (QED) is 0.871. The summed E-state index contributed by atoms with van der Waals surface area (Å²) in [5, 5.41) is 20.0. The molecule has 0 aliphatic rings. The molecule has 2 N–H and O–H groups in total. The molecule has 0 fully saturated rings. The van der Waals surface area contributed by atoms with Crippen molar-refractivity contribution in [2.24, 2.45) is 0 Å². The summed E-state index contributed by atoms with van der Waals surface area (Å²) in [4.78, 5) is 0. The SMILES string of the molecule is COc1ccc(F)c(F)c1CC(C)(O)C(C)(C)O. The van der Waals surface area contributed by atoms with Gasteiger partial charge in [0.05, 0.1) is 18.3 Å². The van der Waals surface area contributed by atoms with Crippen molar-refractivity contribution in [1.29, 1.82) is 0 Å². The second kappa shape index (κ2) is 4.82. The average molecular weight is 260 g/mol. The zero-order chi connectivity index (χ0) is 14.1. The summed E-state index contributed by atoms with van der Waals surface area (Å²) >= 11 is 0. The van der Waals surface area contributed by atoms with Crippen LogP contribution in [0, 0.1) is 11.6 Å². The number of rotatable bonds is 4. The second-order valence-electron chi connectivity index (χ2n) is 5.05. The van der Waals surface area contributed by atoms with Crippen LogP contribution in [0.1, 0.15) is 26.3 Å². The van der Waals surface area contributed by atoms with Gasteiger partial charge < -0.3 is 14.9 Å². The van der Waals surface area contributed by atoms with E-state index < -0.39 is 22.8 Å². The lowest BCUT2D eigenvalue weighted by atomic mass is 9.82. The van der Waals surface area contributed by atoms with Crippen molar-refractivity contribution in [3.63, 3.8) is 0 Å². The molecule has 0 aliphatic carbocycles. The van der Waals surface area contributed by atoms with Crippen molar-refractivity contribution in [2.75, 3.05) is 7.11 Å². The van der Waals surface area contributed by atoms with E-state index >= 15 is 0 Å². The van der Waals surface area contributed by atoms with Crippen molar-refractivity contribution in [1.82, 2.24) is 0 Å². The van der Waals surface area contributed by atoms with Crippen molar-refractivity contribution in [3.8, 4) is 5.75 Å². The molecule has 0 saturated heterocycles. The summed E-state index contributed by atoms with van der Waals surface area (Å²) in [5.41, 5.74) is -3.17. The Morgan fingerprint density at radius 2 is 1.72 bits per heavy atom. The Kier molecular flexibility index (Phi) is 3.98. The van der Waals surface area contributed by atoms with Crippen LogP contribution in [-0.2, 0) is 6.42 Å². The van der Waals surface area contributed by atoms with Gasteiger partial charge in [0, 0.05) is 12.0 Å². The Bertz CT molecular complexity index is 437. The summed E-state index contributed by atoms with van der Waals surface area (Å²) in [6, 6.07) is 2.24. The molecule has 0 heterocycles. The third-order valence-corrected chi connectivity index (χ3v) is 3.21. The van der Waals surface area contributed by atoms with Gasteiger partial charge in [-0.1, -0.05) is 0 Å². The van der Waals surface area contributed by atoms with Gasteiger partial charge in [0.25, 0.3) is 0 Å². The molecule has 1 aromatic rings. The smallest absolute Gasteiger partial charge is 0.165 e. The molecule has 0 bridgehead atoms. The van der Waals surface area contributed by atoms with E-state index in [1.165, 1.54) is 33.9 Å². The van der Waals surface area contributed by atoms with Gasteiger partial charge in [-0.3, -0.25) is 0 Å². The minimum Gasteiger partial charge on any atom is -0.496 e. The minimum atomic E-state index is -1.62. The van der Waals surface area contributed by atoms with Crippen LogP contribution >= 0.6 is 0 Å². The standard InChI is InChI=1S/C13H18F2O3/c1-12(2,16)13(3,17)7-8-10(18-4)6-5-9(14)11(8)15/h5-6,16-17H,7H2,1-4H3. The first kappa shape index (κ1) is 14.9. The molecule has 3 nitrogen and oxygen atoms in total. The first-order chi connectivity index (χ1) is 8.10. The van der Waals surface area contributed by atoms with Crippen LogP contribution < -0.4 is 4.74 Å². The highest BCUT2D eigenvalue weighted by Crippen LogP contribution is 2.32. The van der Waals surface area contributed by atoms with Crippen LogP contribution in [-0.4, -0.2) is 28.5 Å². The van der Waals surface area contributed by atoms with Crippen LogP contribution in [0.5, 0.6) is 5.75 Å². The number of hydrogen-bond donors (Lipinski definition) is 2. The number of benzene rings is 1. The van der Waals surface area contributed by atoms with Gasteiger partial charge in [0.1, 0.15) is 5.75 Å². The third kappa shape index (κ3) is 2.79. The maximum absolute atomic E-state index is 13.7. The molecule has 0 amide bonds. The third-order valence-electron chi connectivity index (χ3n) is 3.21. The molecule has 0 aromatic heterocycles. The first-order valence-electron chi connectivity index (χ1n) is 5.56. The molecule has 1 rings (SSSR count). The van der Waals surface area contributed by atoms with Gasteiger partial charge in [0.2, 0.25) is 0 Å². The van der Waals surface area contributed by atoms with E-state index in [1.807, 2.05) is 0 Å². The molecule has 5 heteroatoms. The summed E-state index contributed by atoms with van der Waals surface area (Å²) < 4.78 is 31.9. The summed E-state index contributed by atoms with van der Waals surface area (Å²) in [6.45, 7) is 4.16. The molecule has 0 radical (unpaired) electrons. The Balaban J connectivity index is 3.22. The molecule has 1 aromatic carbocycles. The maximum atomic E-state index is 13.7. The Labute approximate surface area is 105 Å². The van der Waals surface area contributed by atoms with E-state index in [-0.39, 0.29) is 17.7 Å². The predicted molar refractivity (Wildman–Crippen MR) is 63.5 cm³/mol. The zero-order valence-corrected chi connectivity index (χ0v) is 10.9. The fourth-order valence-electron chi connectivity index (χ4n) is 1.49. The highest BCUT2D eigenvalue weighted by Gasteiger charge is 2.39. The van der Waals surface area contributed by atoms with Gasteiger partial charge in [-0.15, -0.1) is 0 Å². The molecule has 102 valence electrons. The molecule has 1 unspecified atom stereocenters. The van der Waals surface area contributed by atoms with E-state index in [9.17, 15) is 19.0 Å². The normalized spacial score (nSPS) is 15.3. The Hall–Kier alpha value is -1.20. The summed E-state index contributed by atoms with van der Waals surface area (Å²) in [5.74, 6) is -1.95. The van der Waals surface area contributed by atoms with Gasteiger partial charge in [0.15, 0.2) is 11.6 Å². The minimum absolute atomic E-state index is 0.0929. The van der Waals surface area contributed by atoms with Crippen LogP contribution in [0.2, 0.25) is 0 Å². The molecule has 0 spiro atoms. The molecule has 0 saturated carbocycles. The Morgan fingerprint density at radius 3 is 2.17 bits per heavy atom. The average Bonchev–Trinajstić information content (AvgIpc) is 2.23. The van der Waals surface area contributed by atoms with E-state index in [1.54, 1.807) is 0 Å². The lowest BCUT2D eigenvalue weighted by Crippen LogP contribution is -2.49. The monoisotopic (exact) mass is 260 g/mol.